The van der Waals surface area contributed by atoms with Crippen LogP contribution in [0.3, 0.4) is 0 Å². The van der Waals surface area contributed by atoms with Gasteiger partial charge in [-0.05, 0) is 31.5 Å². The van der Waals surface area contributed by atoms with Crippen LogP contribution in [0.4, 0.5) is 10.6 Å². The summed E-state index contributed by atoms with van der Waals surface area (Å²) in [7, 11) is 1.59. The smallest absolute Gasteiger partial charge is 0.320 e. The van der Waals surface area contributed by atoms with E-state index >= 15 is 0 Å². The van der Waals surface area contributed by atoms with Crippen LogP contribution in [0.2, 0.25) is 0 Å². The van der Waals surface area contributed by atoms with Gasteiger partial charge in [0.1, 0.15) is 5.82 Å². The van der Waals surface area contributed by atoms with Crippen LogP contribution in [0.15, 0.2) is 12.1 Å². The predicted octanol–water partition coefficient (Wildman–Crippen LogP) is 1.47. The van der Waals surface area contributed by atoms with E-state index in [0.717, 1.165) is 11.3 Å². The van der Waals surface area contributed by atoms with Crippen molar-refractivity contribution in [3.05, 3.63) is 23.4 Å². The Labute approximate surface area is 95.2 Å². The molecule has 1 aromatic heterocycles. The molecule has 0 aliphatic heterocycles. The number of aryl methyl sites for hydroxylation is 2. The van der Waals surface area contributed by atoms with Crippen molar-refractivity contribution in [3.63, 3.8) is 0 Å². The van der Waals surface area contributed by atoms with Crippen molar-refractivity contribution >= 4 is 11.8 Å². The topological polar surface area (TPSA) is 63.2 Å². The highest BCUT2D eigenvalue weighted by Crippen LogP contribution is 2.08. The molecule has 2 amide bonds. The molecule has 5 nitrogen and oxygen atoms in total. The van der Waals surface area contributed by atoms with Gasteiger partial charge in [0.05, 0.1) is 6.61 Å². The van der Waals surface area contributed by atoms with E-state index in [2.05, 4.69) is 15.6 Å². The molecule has 0 aromatic carbocycles. The molecular weight excluding hydrogens is 206 g/mol. The van der Waals surface area contributed by atoms with E-state index < -0.39 is 0 Å². The maximum Gasteiger partial charge on any atom is 0.320 e. The van der Waals surface area contributed by atoms with Gasteiger partial charge in [-0.1, -0.05) is 0 Å². The molecule has 0 unspecified atom stereocenters. The van der Waals surface area contributed by atoms with Gasteiger partial charge in [-0.25, -0.2) is 9.78 Å². The first-order valence-corrected chi connectivity index (χ1v) is 5.11. The molecule has 88 valence electrons. The highest BCUT2D eigenvalue weighted by atomic mass is 16.5. The average molecular weight is 223 g/mol. The standard InChI is InChI=1S/C11H17N3O2/c1-8-6-9(2)13-10(7-8)14-11(15)12-4-5-16-3/h6-7H,4-5H2,1-3H3,(H2,12,13,14,15). The predicted molar refractivity (Wildman–Crippen MR) is 62.6 cm³/mol. The Morgan fingerprint density at radius 2 is 2.19 bits per heavy atom. The number of methoxy groups -OCH3 is 1. The zero-order valence-corrected chi connectivity index (χ0v) is 9.83. The summed E-state index contributed by atoms with van der Waals surface area (Å²) in [5.74, 6) is 0.562. The lowest BCUT2D eigenvalue weighted by Crippen LogP contribution is -2.31. The highest BCUT2D eigenvalue weighted by molar-refractivity contribution is 5.88. The number of nitrogens with zero attached hydrogens (tertiary/aromatic N) is 1. The lowest BCUT2D eigenvalue weighted by molar-refractivity contribution is 0.198. The molecule has 5 heteroatoms. The quantitative estimate of drug-likeness (QED) is 0.760. The monoisotopic (exact) mass is 223 g/mol. The van der Waals surface area contributed by atoms with E-state index in [-0.39, 0.29) is 6.03 Å². The third-order valence-corrected chi connectivity index (χ3v) is 1.93. The Morgan fingerprint density at radius 1 is 1.44 bits per heavy atom. The van der Waals surface area contributed by atoms with E-state index in [1.807, 2.05) is 26.0 Å². The van der Waals surface area contributed by atoms with Crippen LogP contribution in [0.1, 0.15) is 11.3 Å². The summed E-state index contributed by atoms with van der Waals surface area (Å²) >= 11 is 0. The minimum atomic E-state index is -0.269. The molecule has 0 saturated heterocycles. The summed E-state index contributed by atoms with van der Waals surface area (Å²) in [5, 5.41) is 5.32. The Bertz CT molecular complexity index is 346. The van der Waals surface area contributed by atoms with E-state index in [9.17, 15) is 4.79 Å². The van der Waals surface area contributed by atoms with Gasteiger partial charge in [0.2, 0.25) is 0 Å². The van der Waals surface area contributed by atoms with Gasteiger partial charge in [-0.2, -0.15) is 0 Å². The Morgan fingerprint density at radius 3 is 2.81 bits per heavy atom. The molecule has 1 heterocycles. The zero-order chi connectivity index (χ0) is 12.0. The van der Waals surface area contributed by atoms with Gasteiger partial charge in [0.15, 0.2) is 0 Å². The van der Waals surface area contributed by atoms with E-state index in [1.165, 1.54) is 0 Å². The van der Waals surface area contributed by atoms with Gasteiger partial charge >= 0.3 is 6.03 Å². The SMILES string of the molecule is COCCNC(=O)Nc1cc(C)cc(C)n1. The lowest BCUT2D eigenvalue weighted by Gasteiger charge is -2.07. The van der Waals surface area contributed by atoms with Crippen molar-refractivity contribution in [2.24, 2.45) is 0 Å². The summed E-state index contributed by atoms with van der Waals surface area (Å²) in [4.78, 5) is 15.6. The van der Waals surface area contributed by atoms with Gasteiger partial charge in [0, 0.05) is 19.3 Å². The van der Waals surface area contributed by atoms with E-state index in [4.69, 9.17) is 4.74 Å². The zero-order valence-electron chi connectivity index (χ0n) is 9.83. The second-order valence-corrected chi connectivity index (χ2v) is 3.54. The first-order chi connectivity index (χ1) is 7.61. The van der Waals surface area contributed by atoms with Crippen LogP contribution < -0.4 is 10.6 Å². The molecule has 0 radical (unpaired) electrons. The van der Waals surface area contributed by atoms with Gasteiger partial charge < -0.3 is 10.1 Å². The first-order valence-electron chi connectivity index (χ1n) is 5.11. The molecule has 0 saturated carbocycles. The molecule has 0 atom stereocenters. The number of hydrogen-bond acceptors (Lipinski definition) is 3. The number of amides is 2. The Hall–Kier alpha value is -1.62. The Balaban J connectivity index is 2.49. The van der Waals surface area contributed by atoms with Crippen LogP contribution in [0.5, 0.6) is 0 Å². The number of urea groups is 1. The fourth-order valence-corrected chi connectivity index (χ4v) is 1.33. The molecule has 1 rings (SSSR count). The van der Waals surface area contributed by atoms with E-state index in [1.54, 1.807) is 7.11 Å². The van der Waals surface area contributed by atoms with Crippen LogP contribution in [-0.2, 0) is 4.74 Å². The third-order valence-electron chi connectivity index (χ3n) is 1.93. The largest absolute Gasteiger partial charge is 0.383 e. The van der Waals surface area contributed by atoms with Gasteiger partial charge in [-0.15, -0.1) is 0 Å². The average Bonchev–Trinajstić information content (AvgIpc) is 2.16. The summed E-state index contributed by atoms with van der Waals surface area (Å²) in [6, 6.07) is 3.51. The number of carbonyl (C=O) groups is 1. The number of pyridine rings is 1. The number of carbonyl (C=O) groups excluding carboxylic acids is 1. The minimum Gasteiger partial charge on any atom is -0.383 e. The van der Waals surface area contributed by atoms with Crippen molar-refractivity contribution in [1.29, 1.82) is 0 Å². The van der Waals surface area contributed by atoms with Crippen molar-refractivity contribution in [2.75, 3.05) is 25.6 Å². The minimum absolute atomic E-state index is 0.269. The van der Waals surface area contributed by atoms with Crippen molar-refractivity contribution in [3.8, 4) is 0 Å². The fraction of sp³-hybridized carbons (Fsp3) is 0.455. The number of nitrogens with one attached hydrogen (secondary N) is 2. The Kier molecular flexibility index (Phi) is 4.72. The number of hydrogen-bond donors (Lipinski definition) is 2. The van der Waals surface area contributed by atoms with Crippen molar-refractivity contribution < 1.29 is 9.53 Å². The van der Waals surface area contributed by atoms with Crippen LogP contribution in [0.25, 0.3) is 0 Å². The van der Waals surface area contributed by atoms with E-state index in [0.29, 0.717) is 19.0 Å². The van der Waals surface area contributed by atoms with Crippen LogP contribution in [-0.4, -0.2) is 31.3 Å². The molecular formula is C11H17N3O2. The molecule has 0 aliphatic carbocycles. The summed E-state index contributed by atoms with van der Waals surface area (Å²) < 4.78 is 4.82. The molecule has 1 aromatic rings. The van der Waals surface area contributed by atoms with Crippen molar-refractivity contribution in [2.45, 2.75) is 13.8 Å². The second kappa shape index (κ2) is 6.07. The van der Waals surface area contributed by atoms with Gasteiger partial charge in [-0.3, -0.25) is 5.32 Å². The second-order valence-electron chi connectivity index (χ2n) is 3.54. The highest BCUT2D eigenvalue weighted by Gasteiger charge is 2.02. The van der Waals surface area contributed by atoms with Gasteiger partial charge in [0.25, 0.3) is 0 Å². The normalized spacial score (nSPS) is 9.94. The number of ether oxygens (including phenoxy) is 1. The molecule has 0 aliphatic rings. The molecule has 0 spiro atoms. The summed E-state index contributed by atoms with van der Waals surface area (Å²) in [6.45, 7) is 4.82. The van der Waals surface area contributed by atoms with Crippen LogP contribution in [0, 0.1) is 13.8 Å². The lowest BCUT2D eigenvalue weighted by atomic mass is 10.2. The summed E-state index contributed by atoms with van der Waals surface area (Å²) in [5.41, 5.74) is 1.95. The maximum absolute atomic E-state index is 11.4. The maximum atomic E-state index is 11.4. The molecule has 0 fully saturated rings. The third kappa shape index (κ3) is 4.27. The molecule has 16 heavy (non-hydrogen) atoms. The molecule has 2 N–H and O–H groups in total. The number of aromatic nitrogens is 1. The molecule has 0 bridgehead atoms. The summed E-state index contributed by atoms with van der Waals surface area (Å²) in [6.07, 6.45) is 0. The number of rotatable bonds is 4. The van der Waals surface area contributed by atoms with Crippen molar-refractivity contribution in [1.82, 2.24) is 10.3 Å². The first kappa shape index (κ1) is 12.4. The number of anilines is 1. The fourth-order valence-electron chi connectivity index (χ4n) is 1.33. The van der Waals surface area contributed by atoms with Crippen LogP contribution >= 0.6 is 0 Å².